The van der Waals surface area contributed by atoms with E-state index in [1.165, 1.54) is 0 Å². The quantitative estimate of drug-likeness (QED) is 0.568. The second-order valence-electron chi connectivity index (χ2n) is 3.37. The van der Waals surface area contributed by atoms with Crippen LogP contribution in [-0.2, 0) is 0 Å². The molecular weight excluding hydrogens is 416 g/mol. The second-order valence-corrected chi connectivity index (χ2v) is 5.84. The predicted molar refractivity (Wildman–Crippen MR) is 81.9 cm³/mol. The van der Waals surface area contributed by atoms with E-state index in [9.17, 15) is 0 Å². The van der Waals surface area contributed by atoms with Crippen LogP contribution in [0.1, 0.15) is 5.82 Å². The van der Waals surface area contributed by atoms with Gasteiger partial charge in [-0.1, -0.05) is 11.6 Å². The summed E-state index contributed by atoms with van der Waals surface area (Å²) in [6.45, 7) is 1.84. The van der Waals surface area contributed by atoms with Crippen LogP contribution in [0, 0.1) is 10.5 Å². The molecule has 0 atom stereocenters. The number of rotatable bonds is 2. The molecule has 1 heterocycles. The van der Waals surface area contributed by atoms with E-state index in [0.29, 0.717) is 16.7 Å². The van der Waals surface area contributed by atoms with Crippen LogP contribution in [0.5, 0.6) is 0 Å². The molecule has 0 fully saturated rings. The summed E-state index contributed by atoms with van der Waals surface area (Å²) in [6.07, 6.45) is 0. The van der Waals surface area contributed by atoms with E-state index in [2.05, 4.69) is 53.8 Å². The summed E-state index contributed by atoms with van der Waals surface area (Å²) in [5.41, 5.74) is 0.831. The van der Waals surface area contributed by atoms with E-state index in [4.69, 9.17) is 11.6 Å². The van der Waals surface area contributed by atoms with Gasteiger partial charge in [-0.2, -0.15) is 0 Å². The monoisotopic (exact) mass is 423 g/mol. The number of hydrogen-bond donors (Lipinski definition) is 1. The predicted octanol–water partition coefficient (Wildman–Crippen LogP) is 4.55. The summed E-state index contributed by atoms with van der Waals surface area (Å²) in [7, 11) is 0. The highest BCUT2D eigenvalue weighted by molar-refractivity contribution is 14.1. The largest absolute Gasteiger partial charge is 0.339 e. The number of aryl methyl sites for hydroxylation is 1. The Kier molecular flexibility index (Phi) is 4.22. The van der Waals surface area contributed by atoms with Crippen molar-refractivity contribution in [3.63, 3.8) is 0 Å². The minimum absolute atomic E-state index is 0.671. The minimum Gasteiger partial charge on any atom is -0.339 e. The van der Waals surface area contributed by atoms with Gasteiger partial charge in [-0.3, -0.25) is 0 Å². The lowest BCUT2D eigenvalue weighted by Gasteiger charge is -2.08. The molecule has 1 aromatic heterocycles. The van der Waals surface area contributed by atoms with Crippen LogP contribution in [0.25, 0.3) is 0 Å². The molecule has 88 valence electrons. The Labute approximate surface area is 126 Å². The summed E-state index contributed by atoms with van der Waals surface area (Å²) < 4.78 is 1.84. The standard InChI is InChI=1S/C11H8BrClIN3/c1-6-15-10(12)5-11(16-6)17-9-3-2-7(14)4-8(9)13/h2-5H,1H3,(H,15,16,17). The Morgan fingerprint density at radius 3 is 2.71 bits per heavy atom. The number of hydrogen-bond acceptors (Lipinski definition) is 3. The van der Waals surface area contributed by atoms with Crippen molar-refractivity contribution >= 4 is 61.6 Å². The zero-order valence-corrected chi connectivity index (χ0v) is 13.3. The molecule has 1 aromatic carbocycles. The molecule has 0 aliphatic carbocycles. The zero-order chi connectivity index (χ0) is 12.4. The van der Waals surface area contributed by atoms with Crippen molar-refractivity contribution in [2.24, 2.45) is 0 Å². The lowest BCUT2D eigenvalue weighted by atomic mass is 10.3. The van der Waals surface area contributed by atoms with Gasteiger partial charge in [-0.15, -0.1) is 0 Å². The van der Waals surface area contributed by atoms with Crippen LogP contribution in [-0.4, -0.2) is 9.97 Å². The first-order valence-corrected chi connectivity index (χ1v) is 7.03. The van der Waals surface area contributed by atoms with E-state index in [-0.39, 0.29) is 0 Å². The molecule has 2 aromatic rings. The van der Waals surface area contributed by atoms with Gasteiger partial charge >= 0.3 is 0 Å². The van der Waals surface area contributed by atoms with Gasteiger partial charge in [-0.25, -0.2) is 9.97 Å². The van der Waals surface area contributed by atoms with Crippen molar-refractivity contribution < 1.29 is 0 Å². The van der Waals surface area contributed by atoms with Gasteiger partial charge in [0.1, 0.15) is 16.2 Å². The Morgan fingerprint density at radius 2 is 2.06 bits per heavy atom. The molecule has 6 heteroatoms. The Morgan fingerprint density at radius 1 is 1.29 bits per heavy atom. The van der Waals surface area contributed by atoms with Crippen LogP contribution < -0.4 is 5.32 Å². The fourth-order valence-electron chi connectivity index (χ4n) is 1.32. The smallest absolute Gasteiger partial charge is 0.135 e. The lowest BCUT2D eigenvalue weighted by Crippen LogP contribution is -1.98. The molecular formula is C11H8BrClIN3. The number of nitrogens with one attached hydrogen (secondary N) is 1. The number of aromatic nitrogens is 2. The van der Waals surface area contributed by atoms with Gasteiger partial charge < -0.3 is 5.32 Å². The van der Waals surface area contributed by atoms with Crippen LogP contribution in [0.3, 0.4) is 0 Å². The van der Waals surface area contributed by atoms with Crippen molar-refractivity contribution in [3.8, 4) is 0 Å². The first-order chi connectivity index (χ1) is 8.04. The molecule has 0 saturated heterocycles. The molecule has 3 nitrogen and oxygen atoms in total. The maximum Gasteiger partial charge on any atom is 0.135 e. The Balaban J connectivity index is 2.31. The molecule has 0 bridgehead atoms. The van der Waals surface area contributed by atoms with Crippen molar-refractivity contribution in [2.75, 3.05) is 5.32 Å². The first-order valence-electron chi connectivity index (χ1n) is 4.78. The van der Waals surface area contributed by atoms with Gasteiger partial charge in [0.05, 0.1) is 10.7 Å². The van der Waals surface area contributed by atoms with Crippen LogP contribution in [0.2, 0.25) is 5.02 Å². The van der Waals surface area contributed by atoms with E-state index < -0.39 is 0 Å². The molecule has 0 aliphatic heterocycles. The number of benzene rings is 1. The maximum atomic E-state index is 6.14. The topological polar surface area (TPSA) is 37.8 Å². The first kappa shape index (κ1) is 13.0. The highest BCUT2D eigenvalue weighted by atomic mass is 127. The Hall–Kier alpha value is -0.400. The van der Waals surface area contributed by atoms with Crippen LogP contribution >= 0.6 is 50.1 Å². The molecule has 17 heavy (non-hydrogen) atoms. The Bertz CT molecular complexity index is 542. The second kappa shape index (κ2) is 5.49. The molecule has 0 aliphatic rings. The van der Waals surface area contributed by atoms with Crippen LogP contribution in [0.15, 0.2) is 28.9 Å². The lowest BCUT2D eigenvalue weighted by molar-refractivity contribution is 1.04. The zero-order valence-electron chi connectivity index (χ0n) is 8.84. The maximum absolute atomic E-state index is 6.14. The summed E-state index contributed by atoms with van der Waals surface area (Å²) in [4.78, 5) is 8.42. The average molecular weight is 424 g/mol. The number of nitrogens with zero attached hydrogens (tertiary/aromatic N) is 2. The molecule has 0 spiro atoms. The van der Waals surface area contributed by atoms with E-state index in [1.807, 2.05) is 25.1 Å². The third-order valence-electron chi connectivity index (χ3n) is 2.00. The minimum atomic E-state index is 0.671. The van der Waals surface area contributed by atoms with Crippen molar-refractivity contribution in [1.82, 2.24) is 9.97 Å². The highest BCUT2D eigenvalue weighted by Crippen LogP contribution is 2.27. The average Bonchev–Trinajstić information content (AvgIpc) is 2.21. The highest BCUT2D eigenvalue weighted by Gasteiger charge is 2.04. The molecule has 0 amide bonds. The molecule has 1 N–H and O–H groups in total. The van der Waals surface area contributed by atoms with Gasteiger partial charge in [0, 0.05) is 9.64 Å². The summed E-state index contributed by atoms with van der Waals surface area (Å²) in [5.74, 6) is 1.41. The van der Waals surface area contributed by atoms with E-state index in [0.717, 1.165) is 13.9 Å². The third kappa shape index (κ3) is 3.53. The van der Waals surface area contributed by atoms with Crippen molar-refractivity contribution in [3.05, 3.63) is 43.3 Å². The number of halogens is 3. The van der Waals surface area contributed by atoms with Gasteiger partial charge in [0.15, 0.2) is 0 Å². The molecule has 0 unspecified atom stereocenters. The van der Waals surface area contributed by atoms with Crippen molar-refractivity contribution in [1.29, 1.82) is 0 Å². The summed E-state index contributed by atoms with van der Waals surface area (Å²) in [5, 5.41) is 3.84. The fraction of sp³-hybridized carbons (Fsp3) is 0.0909. The van der Waals surface area contributed by atoms with Gasteiger partial charge in [0.2, 0.25) is 0 Å². The molecule has 0 radical (unpaired) electrons. The normalized spacial score (nSPS) is 10.4. The van der Waals surface area contributed by atoms with Crippen molar-refractivity contribution in [2.45, 2.75) is 6.92 Å². The van der Waals surface area contributed by atoms with E-state index in [1.54, 1.807) is 6.07 Å². The summed E-state index contributed by atoms with van der Waals surface area (Å²) >= 11 is 11.7. The van der Waals surface area contributed by atoms with E-state index >= 15 is 0 Å². The fourth-order valence-corrected chi connectivity index (χ4v) is 2.70. The van der Waals surface area contributed by atoms with Crippen LogP contribution in [0.4, 0.5) is 11.5 Å². The number of anilines is 2. The third-order valence-corrected chi connectivity index (χ3v) is 3.39. The molecule has 0 saturated carbocycles. The molecule has 2 rings (SSSR count). The van der Waals surface area contributed by atoms with Gasteiger partial charge in [0.25, 0.3) is 0 Å². The van der Waals surface area contributed by atoms with Gasteiger partial charge in [-0.05, 0) is 63.6 Å². The SMILES string of the molecule is Cc1nc(Br)cc(Nc2ccc(I)cc2Cl)n1. The summed E-state index contributed by atoms with van der Waals surface area (Å²) in [6, 6.07) is 7.61.